The van der Waals surface area contributed by atoms with E-state index in [1.165, 1.54) is 0 Å². The molecule has 4 rings (SSSR count). The zero-order valence-corrected chi connectivity index (χ0v) is 15.5. The molecule has 3 heterocycles. The summed E-state index contributed by atoms with van der Waals surface area (Å²) >= 11 is 0. The van der Waals surface area contributed by atoms with Crippen molar-refractivity contribution in [1.82, 2.24) is 15.2 Å². The van der Waals surface area contributed by atoms with Crippen LogP contribution in [0.4, 0.5) is 0 Å². The summed E-state index contributed by atoms with van der Waals surface area (Å²) in [5, 5.41) is 3.26. The molecule has 2 aliphatic heterocycles. The lowest BCUT2D eigenvalue weighted by Crippen LogP contribution is -2.51. The van der Waals surface area contributed by atoms with Gasteiger partial charge in [-0.2, -0.15) is 0 Å². The van der Waals surface area contributed by atoms with Crippen LogP contribution in [0.1, 0.15) is 51.0 Å². The molecule has 2 saturated heterocycles. The largest absolute Gasteiger partial charge is 0.481 e. The molecular weight excluding hydrogens is 330 g/mol. The second-order valence-electron chi connectivity index (χ2n) is 8.21. The minimum absolute atomic E-state index is 0.106. The van der Waals surface area contributed by atoms with Crippen LogP contribution in [-0.2, 0) is 16.0 Å². The smallest absolute Gasteiger partial charge is 0.227 e. The molecule has 0 radical (unpaired) electrons. The molecule has 3 aliphatic rings. The average molecular weight is 357 g/mol. The predicted octanol–water partition coefficient (Wildman–Crippen LogP) is 2.07. The fraction of sp³-hybridized carbons (Fsp3) is 0.650. The first-order valence-electron chi connectivity index (χ1n) is 9.61. The maximum atomic E-state index is 12.9. The topological polar surface area (TPSA) is 71.5 Å². The molecule has 6 nitrogen and oxygen atoms in total. The van der Waals surface area contributed by atoms with Gasteiger partial charge >= 0.3 is 0 Å². The number of carbonyl (C=O) groups excluding carboxylic acids is 2. The summed E-state index contributed by atoms with van der Waals surface area (Å²) in [5.41, 5.74) is 0.722. The maximum absolute atomic E-state index is 12.9. The van der Waals surface area contributed by atoms with Crippen molar-refractivity contribution in [3.63, 3.8) is 0 Å². The van der Waals surface area contributed by atoms with Crippen molar-refractivity contribution in [2.24, 2.45) is 5.41 Å². The van der Waals surface area contributed by atoms with Gasteiger partial charge in [-0.05, 0) is 43.7 Å². The van der Waals surface area contributed by atoms with Crippen molar-refractivity contribution in [3.05, 3.63) is 23.9 Å². The zero-order valence-electron chi connectivity index (χ0n) is 15.5. The highest BCUT2D eigenvalue weighted by Crippen LogP contribution is 2.42. The highest BCUT2D eigenvalue weighted by molar-refractivity contribution is 5.84. The van der Waals surface area contributed by atoms with Crippen molar-refractivity contribution in [2.45, 2.75) is 70.0 Å². The van der Waals surface area contributed by atoms with Gasteiger partial charge in [0, 0.05) is 23.7 Å². The first kappa shape index (κ1) is 17.3. The van der Waals surface area contributed by atoms with E-state index in [-0.39, 0.29) is 35.4 Å². The van der Waals surface area contributed by atoms with Crippen LogP contribution in [0.5, 0.6) is 5.88 Å². The molecule has 1 aliphatic carbocycles. The zero-order chi connectivity index (χ0) is 18.3. The molecule has 0 aromatic carbocycles. The molecule has 1 N–H and O–H groups in total. The Morgan fingerprint density at radius 1 is 1.38 bits per heavy atom. The second kappa shape index (κ2) is 6.56. The number of carbonyl (C=O) groups is 2. The SMILES string of the molecule is COc1cc(CC(=O)N2[C@@H]3CC[C@H]2[C@@H](NC(=O)C2(C)CCC2)C3)ccn1. The Hall–Kier alpha value is -2.11. The molecule has 3 fully saturated rings. The van der Waals surface area contributed by atoms with Crippen molar-refractivity contribution in [2.75, 3.05) is 7.11 Å². The summed E-state index contributed by atoms with van der Waals surface area (Å²) in [7, 11) is 1.57. The Balaban J connectivity index is 1.41. The minimum atomic E-state index is -0.190. The van der Waals surface area contributed by atoms with Crippen LogP contribution in [0.15, 0.2) is 18.3 Å². The van der Waals surface area contributed by atoms with E-state index in [2.05, 4.69) is 17.2 Å². The van der Waals surface area contributed by atoms with Crippen LogP contribution in [0.3, 0.4) is 0 Å². The molecule has 0 unspecified atom stereocenters. The lowest BCUT2D eigenvalue weighted by Gasteiger charge is -2.38. The Morgan fingerprint density at radius 2 is 2.19 bits per heavy atom. The summed E-state index contributed by atoms with van der Waals surface area (Å²) in [5.74, 6) is 0.837. The highest BCUT2D eigenvalue weighted by Gasteiger charge is 2.50. The molecule has 0 spiro atoms. The summed E-state index contributed by atoms with van der Waals surface area (Å²) in [4.78, 5) is 31.6. The number of rotatable bonds is 5. The van der Waals surface area contributed by atoms with Crippen LogP contribution >= 0.6 is 0 Å². The van der Waals surface area contributed by atoms with Gasteiger partial charge in [0.1, 0.15) is 0 Å². The third-order valence-corrected chi connectivity index (χ3v) is 6.51. The van der Waals surface area contributed by atoms with E-state index in [0.29, 0.717) is 12.3 Å². The summed E-state index contributed by atoms with van der Waals surface area (Å²) in [6.07, 6.45) is 8.03. The summed E-state index contributed by atoms with van der Waals surface area (Å²) in [6, 6.07) is 4.18. The van der Waals surface area contributed by atoms with Gasteiger partial charge in [0.25, 0.3) is 0 Å². The first-order valence-corrected chi connectivity index (χ1v) is 9.61. The minimum Gasteiger partial charge on any atom is -0.481 e. The standard InChI is InChI=1S/C20H27N3O3/c1-20(7-3-8-20)19(25)22-15-12-14-4-5-16(15)23(14)18(24)11-13-6-9-21-17(10-13)26-2/h6,9-10,14-16H,3-5,7-8,11-12H2,1-2H3,(H,22,25)/t14-,15+,16+/m1/s1. The number of methoxy groups -OCH3 is 1. The average Bonchev–Trinajstić information content (AvgIpc) is 3.17. The van der Waals surface area contributed by atoms with Crippen molar-refractivity contribution < 1.29 is 14.3 Å². The van der Waals surface area contributed by atoms with Gasteiger partial charge < -0.3 is 15.0 Å². The number of hydrogen-bond acceptors (Lipinski definition) is 4. The monoisotopic (exact) mass is 357 g/mol. The lowest BCUT2D eigenvalue weighted by atomic mass is 9.69. The Bertz CT molecular complexity index is 716. The highest BCUT2D eigenvalue weighted by atomic mass is 16.5. The fourth-order valence-electron chi connectivity index (χ4n) is 4.75. The van der Waals surface area contributed by atoms with E-state index in [0.717, 1.165) is 44.1 Å². The summed E-state index contributed by atoms with van der Waals surface area (Å²) < 4.78 is 5.14. The molecule has 2 bridgehead atoms. The van der Waals surface area contributed by atoms with E-state index in [9.17, 15) is 9.59 Å². The molecule has 1 aromatic heterocycles. The number of pyridine rings is 1. The number of fused-ring (bicyclic) bond motifs is 2. The molecule has 1 saturated carbocycles. The third-order valence-electron chi connectivity index (χ3n) is 6.51. The Morgan fingerprint density at radius 3 is 2.88 bits per heavy atom. The van der Waals surface area contributed by atoms with Crippen LogP contribution in [0.2, 0.25) is 0 Å². The molecule has 26 heavy (non-hydrogen) atoms. The number of ether oxygens (including phenoxy) is 1. The van der Waals surface area contributed by atoms with E-state index in [1.807, 2.05) is 17.0 Å². The van der Waals surface area contributed by atoms with Gasteiger partial charge in [-0.1, -0.05) is 13.3 Å². The number of aromatic nitrogens is 1. The van der Waals surface area contributed by atoms with Gasteiger partial charge in [-0.25, -0.2) is 4.98 Å². The number of nitrogens with zero attached hydrogens (tertiary/aromatic N) is 2. The Kier molecular flexibility index (Phi) is 4.37. The van der Waals surface area contributed by atoms with Crippen molar-refractivity contribution >= 4 is 11.8 Å². The fourth-order valence-corrected chi connectivity index (χ4v) is 4.75. The normalized spacial score (nSPS) is 28.5. The Labute approximate surface area is 154 Å². The molecule has 1 aromatic rings. The molecule has 2 amide bonds. The van der Waals surface area contributed by atoms with Gasteiger partial charge in [0.2, 0.25) is 17.7 Å². The van der Waals surface area contributed by atoms with E-state index < -0.39 is 0 Å². The van der Waals surface area contributed by atoms with Crippen LogP contribution in [0, 0.1) is 5.41 Å². The number of nitrogens with one attached hydrogen (secondary N) is 1. The summed E-state index contributed by atoms with van der Waals surface area (Å²) in [6.45, 7) is 2.05. The first-order chi connectivity index (χ1) is 12.5. The van der Waals surface area contributed by atoms with E-state index >= 15 is 0 Å². The van der Waals surface area contributed by atoms with Gasteiger partial charge in [-0.15, -0.1) is 0 Å². The molecule has 3 atom stereocenters. The third kappa shape index (κ3) is 2.95. The van der Waals surface area contributed by atoms with Crippen molar-refractivity contribution in [1.29, 1.82) is 0 Å². The van der Waals surface area contributed by atoms with E-state index in [4.69, 9.17) is 4.74 Å². The maximum Gasteiger partial charge on any atom is 0.227 e. The van der Waals surface area contributed by atoms with Crippen LogP contribution in [0.25, 0.3) is 0 Å². The van der Waals surface area contributed by atoms with Crippen LogP contribution in [-0.4, -0.2) is 46.9 Å². The predicted molar refractivity (Wildman–Crippen MR) is 96.7 cm³/mol. The molecule has 140 valence electrons. The lowest BCUT2D eigenvalue weighted by molar-refractivity contribution is -0.136. The quantitative estimate of drug-likeness (QED) is 0.876. The molecular formula is C20H27N3O3. The van der Waals surface area contributed by atoms with E-state index in [1.54, 1.807) is 13.3 Å². The van der Waals surface area contributed by atoms with Gasteiger partial charge in [0.15, 0.2) is 0 Å². The second-order valence-corrected chi connectivity index (χ2v) is 8.21. The van der Waals surface area contributed by atoms with Crippen LogP contribution < -0.4 is 10.1 Å². The number of amides is 2. The van der Waals surface area contributed by atoms with Gasteiger partial charge in [0.05, 0.1) is 25.6 Å². The van der Waals surface area contributed by atoms with Gasteiger partial charge in [-0.3, -0.25) is 9.59 Å². The molecule has 6 heteroatoms. The van der Waals surface area contributed by atoms with Crippen molar-refractivity contribution in [3.8, 4) is 5.88 Å². The number of hydrogen-bond donors (Lipinski definition) is 1.